The highest BCUT2D eigenvalue weighted by atomic mass is 16.4. The number of aliphatic carboxylic acids is 1. The first-order valence-corrected chi connectivity index (χ1v) is 10.9. The Morgan fingerprint density at radius 2 is 1.84 bits per heavy atom. The van der Waals surface area contributed by atoms with Gasteiger partial charge in [-0.3, -0.25) is 24.2 Å². The van der Waals surface area contributed by atoms with Gasteiger partial charge < -0.3 is 37.8 Å². The minimum Gasteiger partial charge on any atom is -0.480 e. The number of carboxylic acids is 1. The minimum absolute atomic E-state index is 0.0699. The summed E-state index contributed by atoms with van der Waals surface area (Å²) in [6, 6.07) is -3.56. The number of hydrogen-bond donors (Lipinski definition) is 6. The number of carbonyl (C=O) groups is 4. The number of hydrogen-bond acceptors (Lipinski definition) is 6. The van der Waals surface area contributed by atoms with Gasteiger partial charge in [-0.05, 0) is 38.5 Å². The second-order valence-electron chi connectivity index (χ2n) is 8.18. The molecule has 3 amide bonds. The van der Waals surface area contributed by atoms with Crippen molar-refractivity contribution in [1.29, 1.82) is 0 Å². The van der Waals surface area contributed by atoms with Crippen molar-refractivity contribution in [1.82, 2.24) is 15.5 Å². The number of nitrogens with two attached hydrogens (primary N) is 3. The summed E-state index contributed by atoms with van der Waals surface area (Å²) in [4.78, 5) is 54.8. The van der Waals surface area contributed by atoms with E-state index in [0.29, 0.717) is 32.2 Å². The van der Waals surface area contributed by atoms with Gasteiger partial charge in [0.15, 0.2) is 5.96 Å². The van der Waals surface area contributed by atoms with Crippen molar-refractivity contribution < 1.29 is 24.3 Å². The van der Waals surface area contributed by atoms with E-state index >= 15 is 0 Å². The maximum Gasteiger partial charge on any atom is 0.325 e. The number of nitrogens with one attached hydrogen (secondary N) is 2. The lowest BCUT2D eigenvalue weighted by Gasteiger charge is -2.30. The maximum atomic E-state index is 13.3. The largest absolute Gasteiger partial charge is 0.480 e. The number of nitrogens with zero attached hydrogens (tertiary/aromatic N) is 2. The van der Waals surface area contributed by atoms with E-state index in [0.717, 1.165) is 0 Å². The molecule has 5 atom stereocenters. The monoisotopic (exact) mass is 455 g/mol. The third-order valence-corrected chi connectivity index (χ3v) is 5.69. The van der Waals surface area contributed by atoms with Crippen LogP contribution in [0.5, 0.6) is 0 Å². The highest BCUT2D eigenvalue weighted by Gasteiger charge is 2.38. The lowest BCUT2D eigenvalue weighted by molar-refractivity contribution is -0.144. The van der Waals surface area contributed by atoms with Crippen LogP contribution < -0.4 is 27.8 Å². The Bertz CT molecular complexity index is 710. The molecule has 0 radical (unpaired) electrons. The molecule has 182 valence electrons. The summed E-state index contributed by atoms with van der Waals surface area (Å²) in [7, 11) is 0. The van der Waals surface area contributed by atoms with Crippen LogP contribution >= 0.6 is 0 Å². The summed E-state index contributed by atoms with van der Waals surface area (Å²) in [5.74, 6) is -2.71. The van der Waals surface area contributed by atoms with Crippen molar-refractivity contribution in [3.8, 4) is 0 Å². The van der Waals surface area contributed by atoms with E-state index in [9.17, 15) is 19.2 Å². The predicted octanol–water partition coefficient (Wildman–Crippen LogP) is -1.52. The molecule has 0 bridgehead atoms. The summed E-state index contributed by atoms with van der Waals surface area (Å²) in [6.07, 6.45) is 2.38. The Morgan fingerprint density at radius 3 is 2.41 bits per heavy atom. The second-order valence-corrected chi connectivity index (χ2v) is 8.18. The molecule has 1 aliphatic heterocycles. The Hall–Kier alpha value is -2.89. The van der Waals surface area contributed by atoms with Crippen LogP contribution in [0.15, 0.2) is 4.99 Å². The van der Waals surface area contributed by atoms with Gasteiger partial charge in [0, 0.05) is 13.1 Å². The van der Waals surface area contributed by atoms with Gasteiger partial charge in [-0.1, -0.05) is 20.3 Å². The summed E-state index contributed by atoms with van der Waals surface area (Å²) < 4.78 is 0. The third kappa shape index (κ3) is 7.98. The molecule has 5 unspecified atom stereocenters. The highest BCUT2D eigenvalue weighted by molar-refractivity contribution is 5.94. The average molecular weight is 456 g/mol. The van der Waals surface area contributed by atoms with Crippen LogP contribution in [0.4, 0.5) is 0 Å². The molecular weight excluding hydrogens is 418 g/mol. The molecule has 1 rings (SSSR count). The van der Waals surface area contributed by atoms with Gasteiger partial charge in [0.2, 0.25) is 17.7 Å². The highest BCUT2D eigenvalue weighted by Crippen LogP contribution is 2.20. The molecular formula is C20H37N7O5. The minimum atomic E-state index is -1.17. The number of amides is 3. The molecule has 1 fully saturated rings. The number of aliphatic imine (C=N–C) groups is 1. The van der Waals surface area contributed by atoms with Crippen LogP contribution in [0.3, 0.4) is 0 Å². The zero-order valence-electron chi connectivity index (χ0n) is 19.0. The summed E-state index contributed by atoms with van der Waals surface area (Å²) in [5.41, 5.74) is 16.7. The van der Waals surface area contributed by atoms with Gasteiger partial charge in [-0.2, -0.15) is 0 Å². The molecule has 1 heterocycles. The average Bonchev–Trinajstić information content (AvgIpc) is 3.23. The molecule has 0 aromatic rings. The number of carboxylic acid groups (broad SMARTS) is 1. The maximum absolute atomic E-state index is 13.3. The molecule has 1 aliphatic rings. The van der Waals surface area contributed by atoms with E-state index in [1.165, 1.54) is 11.8 Å². The van der Waals surface area contributed by atoms with Crippen molar-refractivity contribution >= 4 is 29.7 Å². The first-order valence-electron chi connectivity index (χ1n) is 10.9. The van der Waals surface area contributed by atoms with Crippen molar-refractivity contribution in [2.75, 3.05) is 13.1 Å². The number of rotatable bonds is 12. The van der Waals surface area contributed by atoms with Crippen molar-refractivity contribution in [3.05, 3.63) is 0 Å². The molecule has 0 aromatic carbocycles. The summed E-state index contributed by atoms with van der Waals surface area (Å²) >= 11 is 0. The molecule has 0 aliphatic carbocycles. The SMILES string of the molecule is CCC(C)C(N)C(=O)NC(CCCN=C(N)N)C(=O)N1CCCC1C(=O)NC(C)C(=O)O. The van der Waals surface area contributed by atoms with Crippen LogP contribution in [-0.2, 0) is 19.2 Å². The van der Waals surface area contributed by atoms with Crippen LogP contribution in [-0.4, -0.2) is 76.9 Å². The smallest absolute Gasteiger partial charge is 0.325 e. The number of guanidine groups is 1. The normalized spacial score (nSPS) is 19.4. The second kappa shape index (κ2) is 12.8. The Balaban J connectivity index is 2.96. The van der Waals surface area contributed by atoms with Crippen LogP contribution in [0.25, 0.3) is 0 Å². The molecule has 1 saturated heterocycles. The fourth-order valence-electron chi connectivity index (χ4n) is 3.42. The first kappa shape index (κ1) is 27.1. The fourth-order valence-corrected chi connectivity index (χ4v) is 3.42. The topological polar surface area (TPSA) is 206 Å². The summed E-state index contributed by atoms with van der Waals surface area (Å²) in [5, 5.41) is 14.2. The standard InChI is InChI=1S/C20H37N7O5/c1-4-11(2)15(21)17(29)26-13(7-5-9-24-20(22)23)18(30)27-10-6-8-14(27)16(28)25-12(3)19(31)32/h11-15H,4-10,21H2,1-3H3,(H,25,28)(H,26,29)(H,31,32)(H4,22,23,24). The molecule has 12 nitrogen and oxygen atoms in total. The third-order valence-electron chi connectivity index (χ3n) is 5.69. The lowest BCUT2D eigenvalue weighted by atomic mass is 9.98. The molecule has 0 saturated carbocycles. The van der Waals surface area contributed by atoms with Gasteiger partial charge in [-0.25, -0.2) is 0 Å². The van der Waals surface area contributed by atoms with Crippen molar-refractivity contribution in [3.63, 3.8) is 0 Å². The van der Waals surface area contributed by atoms with Gasteiger partial charge in [0.25, 0.3) is 0 Å². The van der Waals surface area contributed by atoms with E-state index in [2.05, 4.69) is 15.6 Å². The van der Waals surface area contributed by atoms with Crippen LogP contribution in [0.2, 0.25) is 0 Å². The van der Waals surface area contributed by atoms with E-state index in [4.69, 9.17) is 22.3 Å². The van der Waals surface area contributed by atoms with E-state index in [-0.39, 0.29) is 24.8 Å². The summed E-state index contributed by atoms with van der Waals surface area (Å²) in [6.45, 7) is 5.73. The predicted molar refractivity (Wildman–Crippen MR) is 119 cm³/mol. The van der Waals surface area contributed by atoms with Gasteiger partial charge in [-0.15, -0.1) is 0 Å². The quantitative estimate of drug-likeness (QED) is 0.115. The van der Waals surface area contributed by atoms with Crippen molar-refractivity contribution in [2.45, 2.75) is 77.0 Å². The zero-order valence-corrected chi connectivity index (χ0v) is 19.0. The van der Waals surface area contributed by atoms with Gasteiger partial charge >= 0.3 is 5.97 Å². The Morgan fingerprint density at radius 1 is 1.19 bits per heavy atom. The molecule has 9 N–H and O–H groups in total. The van der Waals surface area contributed by atoms with Gasteiger partial charge in [0.05, 0.1) is 6.04 Å². The fraction of sp³-hybridized carbons (Fsp3) is 0.750. The first-order chi connectivity index (χ1) is 15.0. The molecule has 0 aromatic heterocycles. The Labute approximate surface area is 188 Å². The van der Waals surface area contributed by atoms with Gasteiger partial charge in [0.1, 0.15) is 18.1 Å². The number of carbonyl (C=O) groups excluding carboxylic acids is 3. The van der Waals surface area contributed by atoms with Crippen LogP contribution in [0, 0.1) is 5.92 Å². The zero-order chi connectivity index (χ0) is 24.4. The Kier molecular flexibility index (Phi) is 10.9. The number of likely N-dealkylation sites (tertiary alicyclic amines) is 1. The molecule has 12 heteroatoms. The lowest BCUT2D eigenvalue weighted by Crippen LogP contribution is -2.57. The van der Waals surface area contributed by atoms with E-state index in [1.807, 2.05) is 13.8 Å². The van der Waals surface area contributed by atoms with E-state index < -0.39 is 47.9 Å². The van der Waals surface area contributed by atoms with E-state index in [1.54, 1.807) is 0 Å². The van der Waals surface area contributed by atoms with Crippen molar-refractivity contribution in [2.24, 2.45) is 28.1 Å². The molecule has 32 heavy (non-hydrogen) atoms. The van der Waals surface area contributed by atoms with Crippen LogP contribution in [0.1, 0.15) is 52.9 Å². The molecule has 0 spiro atoms.